The molecule has 20 heavy (non-hydrogen) atoms. The Balaban J connectivity index is 3.06. The molecule has 0 aliphatic rings. The number of hydrogen-bond acceptors (Lipinski definition) is 4. The van der Waals surface area contributed by atoms with Gasteiger partial charge in [0.2, 0.25) is 0 Å². The van der Waals surface area contributed by atoms with Crippen LogP contribution in [-0.4, -0.2) is 23.1 Å². The first-order chi connectivity index (χ1) is 9.31. The number of nitrogens with zero attached hydrogens (tertiary/aromatic N) is 3. The number of nitrogen functional groups attached to an aromatic ring is 1. The maximum atomic E-state index is 5.97. The van der Waals surface area contributed by atoms with Crippen molar-refractivity contribution in [1.82, 2.24) is 9.97 Å². The molecule has 4 heteroatoms. The van der Waals surface area contributed by atoms with Gasteiger partial charge in [0.15, 0.2) is 0 Å². The van der Waals surface area contributed by atoms with Crippen LogP contribution in [-0.2, 0) is 5.41 Å². The average Bonchev–Trinajstić information content (AvgIpc) is 2.38. The van der Waals surface area contributed by atoms with E-state index in [1.807, 2.05) is 6.07 Å². The van der Waals surface area contributed by atoms with Crippen molar-refractivity contribution in [3.63, 3.8) is 0 Å². The summed E-state index contributed by atoms with van der Waals surface area (Å²) in [5.74, 6) is 3.03. The maximum absolute atomic E-state index is 5.97. The lowest BCUT2D eigenvalue weighted by atomic mass is 9.95. The molecule has 0 saturated carbocycles. The van der Waals surface area contributed by atoms with Crippen LogP contribution in [0.4, 0.5) is 11.6 Å². The van der Waals surface area contributed by atoms with E-state index in [2.05, 4.69) is 51.4 Å². The van der Waals surface area contributed by atoms with E-state index < -0.39 is 0 Å². The quantitative estimate of drug-likeness (QED) is 0.863. The lowest BCUT2D eigenvalue weighted by molar-refractivity contribution is 0.482. The van der Waals surface area contributed by atoms with Gasteiger partial charge in [-0.05, 0) is 12.8 Å². The van der Waals surface area contributed by atoms with Crippen LogP contribution in [0.3, 0.4) is 0 Å². The van der Waals surface area contributed by atoms with E-state index in [1.165, 1.54) is 12.8 Å². The normalized spacial score (nSPS) is 11.9. The molecule has 1 heterocycles. The number of nitrogens with two attached hydrogens (primary N) is 1. The summed E-state index contributed by atoms with van der Waals surface area (Å²) in [4.78, 5) is 11.4. The van der Waals surface area contributed by atoms with Gasteiger partial charge in [0.1, 0.15) is 17.5 Å². The van der Waals surface area contributed by atoms with E-state index in [1.54, 1.807) is 0 Å². The molecule has 4 nitrogen and oxygen atoms in total. The molecule has 1 aromatic heterocycles. The third-order valence-corrected chi connectivity index (χ3v) is 3.74. The van der Waals surface area contributed by atoms with E-state index in [4.69, 9.17) is 10.7 Å². The van der Waals surface area contributed by atoms with Gasteiger partial charge in [-0.2, -0.15) is 0 Å². The number of hydrogen-bond donors (Lipinski definition) is 1. The van der Waals surface area contributed by atoms with Gasteiger partial charge in [0, 0.05) is 24.6 Å². The van der Waals surface area contributed by atoms with Crippen molar-refractivity contribution in [1.29, 1.82) is 0 Å². The maximum Gasteiger partial charge on any atom is 0.138 e. The highest BCUT2D eigenvalue weighted by molar-refractivity contribution is 5.47. The molecule has 0 unspecified atom stereocenters. The second kappa shape index (κ2) is 6.91. The van der Waals surface area contributed by atoms with Crippen molar-refractivity contribution in [2.75, 3.05) is 23.7 Å². The molecule has 2 N–H and O–H groups in total. The molecule has 0 spiro atoms. The van der Waals surface area contributed by atoms with Crippen LogP contribution in [0.2, 0.25) is 0 Å². The van der Waals surface area contributed by atoms with Crippen LogP contribution in [0.1, 0.15) is 60.2 Å². The van der Waals surface area contributed by atoms with Gasteiger partial charge in [0.25, 0.3) is 0 Å². The number of anilines is 2. The minimum atomic E-state index is -0.0849. The Morgan fingerprint density at radius 1 is 1.15 bits per heavy atom. The summed E-state index contributed by atoms with van der Waals surface area (Å²) in [6.45, 7) is 15.0. The average molecular weight is 278 g/mol. The molecule has 0 aliphatic heterocycles. The largest absolute Gasteiger partial charge is 0.384 e. The zero-order valence-corrected chi connectivity index (χ0v) is 13.9. The summed E-state index contributed by atoms with van der Waals surface area (Å²) >= 11 is 0. The predicted molar refractivity (Wildman–Crippen MR) is 87.1 cm³/mol. The molecule has 1 aromatic rings. The van der Waals surface area contributed by atoms with Gasteiger partial charge in [0.05, 0.1) is 0 Å². The molecule has 114 valence electrons. The molecule has 0 fully saturated rings. The van der Waals surface area contributed by atoms with E-state index in [0.717, 1.165) is 24.7 Å². The van der Waals surface area contributed by atoms with Gasteiger partial charge in [-0.1, -0.05) is 47.5 Å². The van der Waals surface area contributed by atoms with Crippen molar-refractivity contribution in [3.05, 3.63) is 11.9 Å². The van der Waals surface area contributed by atoms with Crippen LogP contribution < -0.4 is 10.6 Å². The number of aromatic nitrogens is 2. The Morgan fingerprint density at radius 3 is 2.20 bits per heavy atom. The lowest BCUT2D eigenvalue weighted by Gasteiger charge is -2.28. The first-order valence-corrected chi connectivity index (χ1v) is 7.71. The molecule has 0 aromatic carbocycles. The third-order valence-electron chi connectivity index (χ3n) is 3.74. The van der Waals surface area contributed by atoms with Crippen LogP contribution in [0.5, 0.6) is 0 Å². The van der Waals surface area contributed by atoms with Gasteiger partial charge in [-0.15, -0.1) is 0 Å². The van der Waals surface area contributed by atoms with Crippen LogP contribution >= 0.6 is 0 Å². The fourth-order valence-electron chi connectivity index (χ4n) is 2.19. The highest BCUT2D eigenvalue weighted by Gasteiger charge is 2.20. The Labute approximate surface area is 123 Å². The summed E-state index contributed by atoms with van der Waals surface area (Å²) in [5, 5.41) is 0. The lowest BCUT2D eigenvalue weighted by Crippen LogP contribution is -2.31. The molecule has 0 aliphatic carbocycles. The Kier molecular flexibility index (Phi) is 5.78. The molecule has 1 rings (SSSR count). The van der Waals surface area contributed by atoms with E-state index in [-0.39, 0.29) is 5.41 Å². The van der Waals surface area contributed by atoms with E-state index in [0.29, 0.717) is 11.7 Å². The van der Waals surface area contributed by atoms with Crippen LogP contribution in [0, 0.1) is 5.92 Å². The van der Waals surface area contributed by atoms with Crippen LogP contribution in [0.25, 0.3) is 0 Å². The van der Waals surface area contributed by atoms with Crippen molar-refractivity contribution in [2.24, 2.45) is 5.92 Å². The first-order valence-electron chi connectivity index (χ1n) is 7.71. The van der Waals surface area contributed by atoms with Gasteiger partial charge >= 0.3 is 0 Å². The van der Waals surface area contributed by atoms with Crippen LogP contribution in [0.15, 0.2) is 6.07 Å². The van der Waals surface area contributed by atoms with E-state index in [9.17, 15) is 0 Å². The third kappa shape index (κ3) is 4.36. The van der Waals surface area contributed by atoms with Crippen molar-refractivity contribution in [2.45, 2.75) is 59.8 Å². The van der Waals surface area contributed by atoms with Crippen molar-refractivity contribution < 1.29 is 0 Å². The minimum absolute atomic E-state index is 0.0849. The Bertz CT molecular complexity index is 419. The fraction of sp³-hybridized carbons (Fsp3) is 0.750. The van der Waals surface area contributed by atoms with Crippen molar-refractivity contribution >= 4 is 11.6 Å². The predicted octanol–water partition coefficient (Wildman–Crippen LogP) is 3.62. The molecular formula is C16H30N4. The van der Waals surface area contributed by atoms with Gasteiger partial charge in [-0.3, -0.25) is 0 Å². The Morgan fingerprint density at radius 2 is 1.75 bits per heavy atom. The highest BCUT2D eigenvalue weighted by atomic mass is 15.2. The SMILES string of the molecule is CCC(CC)CN(CC)c1cc(N)nc(C(C)(C)C)n1. The standard InChI is InChI=1S/C16H30N4/c1-7-12(8-2)11-20(9-3)14-10-13(17)18-15(19-14)16(4,5)6/h10,12H,7-9,11H2,1-6H3,(H2,17,18,19). The smallest absolute Gasteiger partial charge is 0.138 e. The zero-order valence-electron chi connectivity index (χ0n) is 13.9. The Hall–Kier alpha value is -1.32. The summed E-state index contributed by atoms with van der Waals surface area (Å²) < 4.78 is 0. The first kappa shape index (κ1) is 16.7. The highest BCUT2D eigenvalue weighted by Crippen LogP contribution is 2.24. The molecule has 0 bridgehead atoms. The summed E-state index contributed by atoms with van der Waals surface area (Å²) in [7, 11) is 0. The van der Waals surface area contributed by atoms with E-state index >= 15 is 0 Å². The molecule has 0 amide bonds. The molecule has 0 atom stereocenters. The van der Waals surface area contributed by atoms with Crippen molar-refractivity contribution in [3.8, 4) is 0 Å². The van der Waals surface area contributed by atoms with Gasteiger partial charge < -0.3 is 10.6 Å². The second-order valence-corrected chi connectivity index (χ2v) is 6.45. The molecule has 0 radical (unpaired) electrons. The summed E-state index contributed by atoms with van der Waals surface area (Å²) in [6.07, 6.45) is 2.39. The summed E-state index contributed by atoms with van der Waals surface area (Å²) in [6, 6.07) is 1.89. The zero-order chi connectivity index (χ0) is 15.3. The monoisotopic (exact) mass is 278 g/mol. The number of rotatable bonds is 6. The summed E-state index contributed by atoms with van der Waals surface area (Å²) in [5.41, 5.74) is 5.88. The topological polar surface area (TPSA) is 55.0 Å². The molecule has 0 saturated heterocycles. The van der Waals surface area contributed by atoms with Gasteiger partial charge in [-0.25, -0.2) is 9.97 Å². The second-order valence-electron chi connectivity index (χ2n) is 6.45. The minimum Gasteiger partial charge on any atom is -0.384 e. The fourth-order valence-corrected chi connectivity index (χ4v) is 2.19. The molecular weight excluding hydrogens is 248 g/mol.